The van der Waals surface area contributed by atoms with Crippen LogP contribution in [0.15, 0.2) is 17.7 Å². The van der Waals surface area contributed by atoms with Crippen molar-refractivity contribution in [1.82, 2.24) is 9.97 Å². The summed E-state index contributed by atoms with van der Waals surface area (Å²) in [6.07, 6.45) is 9.05. The van der Waals surface area contributed by atoms with Crippen molar-refractivity contribution >= 4 is 52.9 Å². The Bertz CT molecular complexity index is 705. The summed E-state index contributed by atoms with van der Waals surface area (Å²) in [4.78, 5) is 33.4. The number of hydrogen-bond acceptors (Lipinski definition) is 7. The van der Waals surface area contributed by atoms with Crippen molar-refractivity contribution in [3.8, 4) is 10.0 Å². The summed E-state index contributed by atoms with van der Waals surface area (Å²) in [6, 6.07) is 0. The lowest BCUT2D eigenvalue weighted by molar-refractivity contribution is -0.116. The number of carbonyl (C=O) groups excluding carboxylic acids is 2. The molecular weight excluding hydrogens is 360 g/mol. The third-order valence-corrected chi connectivity index (χ3v) is 5.68. The molecule has 24 heavy (non-hydrogen) atoms. The Morgan fingerprint density at radius 2 is 2.00 bits per heavy atom. The molecule has 0 bridgehead atoms. The second-order valence-corrected chi connectivity index (χ2v) is 7.49. The molecule has 0 aliphatic carbocycles. The predicted octanol–water partition coefficient (Wildman–Crippen LogP) is 4.93. The number of Topliss-reactive ketones (excluding diaryl/α,β-unsaturated/α-hetero) is 2. The molecule has 0 N–H and O–H groups in total. The van der Waals surface area contributed by atoms with E-state index in [1.165, 1.54) is 22.7 Å². The van der Waals surface area contributed by atoms with Crippen molar-refractivity contribution in [1.29, 1.82) is 0 Å². The van der Waals surface area contributed by atoms with Gasteiger partial charge in [0.25, 0.3) is 0 Å². The zero-order chi connectivity index (χ0) is 17.4. The van der Waals surface area contributed by atoms with Gasteiger partial charge in [-0.1, -0.05) is 12.5 Å². The number of unbranched alkanes of at least 4 members (excludes halogenated alkanes) is 2. The van der Waals surface area contributed by atoms with Crippen molar-refractivity contribution in [2.75, 3.05) is 5.75 Å². The highest BCUT2D eigenvalue weighted by Gasteiger charge is 2.18. The van der Waals surface area contributed by atoms with Crippen LogP contribution < -0.4 is 0 Å². The molecule has 0 saturated carbocycles. The Balaban J connectivity index is 1.96. The van der Waals surface area contributed by atoms with Crippen LogP contribution in [0.3, 0.4) is 0 Å². The fraction of sp³-hybridized carbons (Fsp3) is 0.412. The highest BCUT2D eigenvalue weighted by atomic mass is 32.1. The Labute approximate surface area is 155 Å². The first-order chi connectivity index (χ1) is 11.7. The summed E-state index contributed by atoms with van der Waals surface area (Å²) in [5.74, 6) is 0.514. The average molecular weight is 381 g/mol. The maximum Gasteiger partial charge on any atom is 0.182 e. The topological polar surface area (TPSA) is 59.9 Å². The molecule has 0 radical (unpaired) electrons. The van der Waals surface area contributed by atoms with E-state index < -0.39 is 0 Å². The van der Waals surface area contributed by atoms with E-state index in [2.05, 4.69) is 22.6 Å². The highest BCUT2D eigenvalue weighted by Crippen LogP contribution is 2.31. The summed E-state index contributed by atoms with van der Waals surface area (Å²) in [5.41, 5.74) is 0.537. The van der Waals surface area contributed by atoms with Crippen LogP contribution in [-0.4, -0.2) is 27.3 Å². The van der Waals surface area contributed by atoms with E-state index in [1.807, 2.05) is 24.5 Å². The molecular formula is C17H20N2O2S3. The van der Waals surface area contributed by atoms with Crippen molar-refractivity contribution in [3.05, 3.63) is 28.2 Å². The number of hydrogen-bond donors (Lipinski definition) is 1. The molecule has 0 spiro atoms. The maximum atomic E-state index is 12.5. The number of rotatable bonds is 10. The first kappa shape index (κ1) is 19.0. The van der Waals surface area contributed by atoms with Gasteiger partial charge in [0.15, 0.2) is 15.8 Å². The van der Waals surface area contributed by atoms with Gasteiger partial charge in [-0.3, -0.25) is 9.59 Å². The fourth-order valence-electron chi connectivity index (χ4n) is 2.20. The summed E-state index contributed by atoms with van der Waals surface area (Å²) < 4.78 is 0. The van der Waals surface area contributed by atoms with Gasteiger partial charge in [0, 0.05) is 30.2 Å². The van der Waals surface area contributed by atoms with Crippen LogP contribution in [0, 0.1) is 0 Å². The molecule has 2 aromatic heterocycles. The fourth-order valence-corrected chi connectivity index (χ4v) is 4.09. The zero-order valence-corrected chi connectivity index (χ0v) is 16.1. The van der Waals surface area contributed by atoms with Crippen molar-refractivity contribution in [2.45, 2.75) is 39.0 Å². The Hall–Kier alpha value is -1.31. The van der Waals surface area contributed by atoms with Gasteiger partial charge in [-0.2, -0.15) is 12.6 Å². The van der Waals surface area contributed by atoms with E-state index in [1.54, 1.807) is 6.20 Å². The van der Waals surface area contributed by atoms with E-state index >= 15 is 0 Å². The van der Waals surface area contributed by atoms with Crippen LogP contribution >= 0.6 is 35.3 Å². The molecule has 0 unspecified atom stereocenters. The minimum absolute atomic E-state index is 0.0580. The van der Waals surface area contributed by atoms with E-state index in [-0.39, 0.29) is 11.6 Å². The molecule has 0 amide bonds. The number of allylic oxidation sites excluding steroid dienone is 1. The summed E-state index contributed by atoms with van der Waals surface area (Å²) in [6.45, 7) is 1.93. The smallest absolute Gasteiger partial charge is 0.182 e. The molecule has 0 fully saturated rings. The maximum absolute atomic E-state index is 12.5. The number of nitrogens with zero attached hydrogens (tertiary/aromatic N) is 2. The molecule has 7 heteroatoms. The van der Waals surface area contributed by atoms with Crippen LogP contribution in [0.1, 0.15) is 54.4 Å². The molecule has 2 aromatic rings. The second kappa shape index (κ2) is 9.86. The zero-order valence-electron chi connectivity index (χ0n) is 13.5. The number of ketones is 2. The van der Waals surface area contributed by atoms with E-state index in [4.69, 9.17) is 0 Å². The summed E-state index contributed by atoms with van der Waals surface area (Å²) in [7, 11) is 0. The van der Waals surface area contributed by atoms with Gasteiger partial charge >= 0.3 is 0 Å². The van der Waals surface area contributed by atoms with Gasteiger partial charge < -0.3 is 0 Å². The van der Waals surface area contributed by atoms with Gasteiger partial charge in [-0.15, -0.1) is 22.7 Å². The van der Waals surface area contributed by atoms with Gasteiger partial charge in [-0.05, 0) is 25.8 Å². The lowest BCUT2D eigenvalue weighted by Gasteiger charge is -2.00. The molecule has 0 atom stereocenters. The van der Waals surface area contributed by atoms with E-state index in [9.17, 15) is 9.59 Å². The Kier molecular flexibility index (Phi) is 7.81. The molecule has 0 aliphatic rings. The minimum Gasteiger partial charge on any atom is -0.299 e. The molecule has 0 saturated heterocycles. The van der Waals surface area contributed by atoms with Crippen LogP contribution in [-0.2, 0) is 4.79 Å². The predicted molar refractivity (Wildman–Crippen MR) is 104 cm³/mol. The van der Waals surface area contributed by atoms with Gasteiger partial charge in [0.2, 0.25) is 0 Å². The third kappa shape index (κ3) is 5.36. The van der Waals surface area contributed by atoms with Gasteiger partial charge in [0.05, 0.1) is 4.88 Å². The van der Waals surface area contributed by atoms with E-state index in [0.717, 1.165) is 34.2 Å². The van der Waals surface area contributed by atoms with Crippen LogP contribution in [0.4, 0.5) is 0 Å². The molecule has 128 valence electrons. The van der Waals surface area contributed by atoms with Crippen molar-refractivity contribution in [3.63, 3.8) is 0 Å². The number of thiazole rings is 2. The lowest BCUT2D eigenvalue weighted by atomic mass is 10.1. The SMILES string of the molecule is C/C=C/c1sc(-c2nccs2)nc1C(=O)CCCCCC(=O)CS. The Morgan fingerprint density at radius 1 is 1.21 bits per heavy atom. The number of aromatic nitrogens is 2. The highest BCUT2D eigenvalue weighted by molar-refractivity contribution is 7.81. The second-order valence-electron chi connectivity index (χ2n) is 5.25. The summed E-state index contributed by atoms with van der Waals surface area (Å²) >= 11 is 6.98. The molecule has 4 nitrogen and oxygen atoms in total. The van der Waals surface area contributed by atoms with Crippen molar-refractivity contribution < 1.29 is 9.59 Å². The standard InChI is InChI=1S/C17H20N2O2S3/c1-2-6-14-15(19-17(24-14)16-18-9-10-23-16)13(21)8-5-3-4-7-12(20)11-22/h2,6,9-10,22H,3-5,7-8,11H2,1H3/b6-2+. The number of thiol groups is 1. The van der Waals surface area contributed by atoms with Crippen LogP contribution in [0.25, 0.3) is 16.1 Å². The Morgan fingerprint density at radius 3 is 2.67 bits per heavy atom. The number of carbonyl (C=O) groups is 2. The minimum atomic E-state index is 0.0580. The third-order valence-electron chi connectivity index (χ3n) is 3.39. The largest absolute Gasteiger partial charge is 0.299 e. The molecule has 0 aliphatic heterocycles. The normalized spacial score (nSPS) is 11.2. The molecule has 2 rings (SSSR count). The first-order valence-corrected chi connectivity index (χ1v) is 10.2. The van der Waals surface area contributed by atoms with Crippen LogP contribution in [0.5, 0.6) is 0 Å². The first-order valence-electron chi connectivity index (χ1n) is 7.84. The monoisotopic (exact) mass is 380 g/mol. The van der Waals surface area contributed by atoms with Gasteiger partial charge in [0.1, 0.15) is 11.5 Å². The molecule has 0 aromatic carbocycles. The quantitative estimate of drug-likeness (QED) is 0.361. The van der Waals surface area contributed by atoms with E-state index in [0.29, 0.717) is 24.3 Å². The summed E-state index contributed by atoms with van der Waals surface area (Å²) in [5, 5.41) is 3.54. The average Bonchev–Trinajstić information content (AvgIpc) is 3.23. The van der Waals surface area contributed by atoms with Crippen LogP contribution in [0.2, 0.25) is 0 Å². The molecule has 2 heterocycles. The van der Waals surface area contributed by atoms with Crippen molar-refractivity contribution in [2.24, 2.45) is 0 Å². The van der Waals surface area contributed by atoms with Gasteiger partial charge in [-0.25, -0.2) is 9.97 Å². The lowest BCUT2D eigenvalue weighted by Crippen LogP contribution is -2.02.